The van der Waals surface area contributed by atoms with Crippen molar-refractivity contribution in [3.63, 3.8) is 0 Å². The molecule has 0 fully saturated rings. The number of benzene rings is 3. The van der Waals surface area contributed by atoms with Crippen molar-refractivity contribution >= 4 is 93.3 Å². The van der Waals surface area contributed by atoms with E-state index in [9.17, 15) is 44.0 Å². The van der Waals surface area contributed by atoms with Crippen molar-refractivity contribution in [1.82, 2.24) is 15.0 Å². The van der Waals surface area contributed by atoms with Gasteiger partial charge in [0.2, 0.25) is 17.2 Å². The van der Waals surface area contributed by atoms with Crippen molar-refractivity contribution in [2.24, 2.45) is 15.2 Å². The topological polar surface area (TPSA) is 292 Å². The minimum absolute atomic E-state index is 0. The van der Waals surface area contributed by atoms with Crippen molar-refractivity contribution < 1.29 is 133 Å². The number of anilines is 3. The molecule has 1 heterocycles. The molecule has 3 N–H and O–H groups in total. The molecule has 25 heteroatoms. The van der Waals surface area contributed by atoms with E-state index < -0.39 is 51.8 Å². The summed E-state index contributed by atoms with van der Waals surface area (Å²) in [6.45, 7) is 0.851. The van der Waals surface area contributed by atoms with Crippen LogP contribution in [0.3, 0.4) is 0 Å². The molecule has 18 nitrogen and oxygen atoms in total. The van der Waals surface area contributed by atoms with E-state index in [2.05, 4.69) is 40.8 Å². The molecule has 3 aromatic carbocycles. The molecular formula is C23H18ClN8Na3O10S3. The predicted octanol–water partition coefficient (Wildman–Crippen LogP) is -6.63. The molecule has 0 saturated carbocycles. The SMILES string of the molecule is CC([O-])=Nc1cc(Nc2nc(Cl)nc(NCCS(=O)(=O)[O-])n2)ccc1N=Nc1cc(S(=O)(=O)O)c2cccc(S(=O)(=O)[O-])c2c1.[Na+].[Na+].[Na+]. The van der Waals surface area contributed by atoms with Gasteiger partial charge in [-0.2, -0.15) is 28.5 Å². The van der Waals surface area contributed by atoms with Gasteiger partial charge >= 0.3 is 88.7 Å². The van der Waals surface area contributed by atoms with E-state index in [1.54, 1.807) is 0 Å². The molecule has 4 rings (SSSR count). The van der Waals surface area contributed by atoms with E-state index in [-0.39, 0.29) is 146 Å². The molecule has 0 saturated heterocycles. The molecule has 0 aliphatic heterocycles. The van der Waals surface area contributed by atoms with Crippen molar-refractivity contribution in [2.45, 2.75) is 16.7 Å². The van der Waals surface area contributed by atoms with Crippen LogP contribution in [0.5, 0.6) is 0 Å². The van der Waals surface area contributed by atoms with Gasteiger partial charge in [0.05, 0.1) is 32.1 Å². The minimum atomic E-state index is -5.06. The first kappa shape index (κ1) is 44.6. The number of azo groups is 1. The van der Waals surface area contributed by atoms with Gasteiger partial charge in [-0.25, -0.2) is 16.8 Å². The van der Waals surface area contributed by atoms with Crippen LogP contribution in [0.2, 0.25) is 5.28 Å². The maximum Gasteiger partial charge on any atom is 1.00 e. The van der Waals surface area contributed by atoms with Crippen molar-refractivity contribution in [3.8, 4) is 0 Å². The number of nitrogens with zero attached hydrogens (tertiary/aromatic N) is 6. The van der Waals surface area contributed by atoms with Crippen molar-refractivity contribution in [1.29, 1.82) is 0 Å². The summed E-state index contributed by atoms with van der Waals surface area (Å²) < 4.78 is 102. The number of halogens is 1. The van der Waals surface area contributed by atoms with Gasteiger partial charge in [0.15, 0.2) is 0 Å². The number of rotatable bonds is 11. The monoisotopic (exact) mass is 766 g/mol. The van der Waals surface area contributed by atoms with Crippen LogP contribution < -0.4 is 104 Å². The van der Waals surface area contributed by atoms with Gasteiger partial charge in [0, 0.05) is 23.0 Å². The van der Waals surface area contributed by atoms with Gasteiger partial charge in [-0.1, -0.05) is 12.1 Å². The fourth-order valence-electron chi connectivity index (χ4n) is 3.76. The summed E-state index contributed by atoms with van der Waals surface area (Å²) in [6.07, 6.45) is 0. The Morgan fingerprint density at radius 2 is 1.52 bits per heavy atom. The maximum atomic E-state index is 12.1. The van der Waals surface area contributed by atoms with Gasteiger partial charge in [-0.3, -0.25) is 9.55 Å². The molecule has 0 amide bonds. The first-order valence-electron chi connectivity index (χ1n) is 12.0. The van der Waals surface area contributed by atoms with Crippen LogP contribution in [0.25, 0.3) is 10.8 Å². The molecule has 4 aromatic rings. The number of aliphatic imine (C=N–C) groups is 1. The smallest absolute Gasteiger partial charge is 0.862 e. The fraction of sp³-hybridized carbons (Fsp3) is 0.130. The van der Waals surface area contributed by atoms with Crippen molar-refractivity contribution in [3.05, 3.63) is 53.8 Å². The third-order valence-corrected chi connectivity index (χ3v) is 8.14. The molecule has 0 atom stereocenters. The van der Waals surface area contributed by atoms with Crippen LogP contribution in [-0.2, 0) is 30.4 Å². The van der Waals surface area contributed by atoms with E-state index in [1.807, 2.05) is 0 Å². The van der Waals surface area contributed by atoms with Crippen LogP contribution in [0.4, 0.5) is 34.6 Å². The largest absolute Gasteiger partial charge is 1.00 e. The molecular weight excluding hydrogens is 749 g/mol. The molecule has 0 unspecified atom stereocenters. The second-order valence-electron chi connectivity index (χ2n) is 8.82. The average Bonchev–Trinajstić information content (AvgIpc) is 2.89. The third kappa shape index (κ3) is 12.7. The Morgan fingerprint density at radius 3 is 2.12 bits per heavy atom. The van der Waals surface area contributed by atoms with E-state index in [4.69, 9.17) is 11.6 Å². The standard InChI is InChI=1S/C23H21ClN8O10S3.3Na/c1-12(33)26-18-10-13(27-23-29-21(24)28-22(30-23)25-7-8-43(34,35)36)5-6-17(18)32-31-14-9-16-15(20(11-14)45(40,41)42)3-2-4-19(16)44(37,38)39;;;/h2-6,9-11H,7-8H2,1H3,(H,26,33)(H,34,35,36)(H,37,38,39)(H,40,41,42)(H2,25,27,28,29,30);;;/q;3*+1/p-3. The third-order valence-electron chi connectivity index (χ3n) is 5.48. The quantitative estimate of drug-likeness (QED) is 0.0420. The van der Waals surface area contributed by atoms with Crippen LogP contribution >= 0.6 is 11.6 Å². The Bertz CT molecular complexity index is 2210. The molecule has 0 radical (unpaired) electrons. The summed E-state index contributed by atoms with van der Waals surface area (Å²) in [4.78, 5) is 14.1. The summed E-state index contributed by atoms with van der Waals surface area (Å²) >= 11 is 5.90. The zero-order chi connectivity index (χ0) is 33.2. The number of fused-ring (bicyclic) bond motifs is 1. The Kier molecular flexibility index (Phi) is 16.9. The summed E-state index contributed by atoms with van der Waals surface area (Å²) in [6, 6.07) is 9.38. The second kappa shape index (κ2) is 18.2. The van der Waals surface area contributed by atoms with E-state index in [0.29, 0.717) is 0 Å². The van der Waals surface area contributed by atoms with Crippen LogP contribution in [-0.4, -0.2) is 72.1 Å². The Morgan fingerprint density at radius 1 is 0.854 bits per heavy atom. The molecule has 48 heavy (non-hydrogen) atoms. The fourth-order valence-corrected chi connectivity index (χ4v) is 5.68. The number of hydrogen-bond acceptors (Lipinski definition) is 17. The number of hydrogen-bond donors (Lipinski definition) is 3. The first-order chi connectivity index (χ1) is 20.9. The van der Waals surface area contributed by atoms with Gasteiger partial charge in [-0.15, -0.1) is 5.11 Å². The average molecular weight is 767 g/mol. The first-order valence-corrected chi connectivity index (χ1v) is 16.8. The summed E-state index contributed by atoms with van der Waals surface area (Å²) in [5.41, 5.74) is -0.0985. The van der Waals surface area contributed by atoms with E-state index in [0.717, 1.165) is 31.2 Å². The zero-order valence-electron chi connectivity index (χ0n) is 25.4. The Balaban J connectivity index is 0.00000384. The van der Waals surface area contributed by atoms with Gasteiger partial charge < -0.3 is 24.8 Å². The summed E-state index contributed by atoms with van der Waals surface area (Å²) in [5.74, 6) is -1.65. The molecule has 238 valence electrons. The molecule has 0 aliphatic carbocycles. The molecule has 0 spiro atoms. The summed E-state index contributed by atoms with van der Waals surface area (Å²) in [5, 5.41) is 24.2. The van der Waals surface area contributed by atoms with Crippen LogP contribution in [0, 0.1) is 0 Å². The van der Waals surface area contributed by atoms with Crippen molar-refractivity contribution in [2.75, 3.05) is 22.9 Å². The van der Waals surface area contributed by atoms with E-state index >= 15 is 0 Å². The van der Waals surface area contributed by atoms with Crippen LogP contribution in [0.1, 0.15) is 6.92 Å². The van der Waals surface area contributed by atoms with Gasteiger partial charge in [0.25, 0.3) is 10.1 Å². The maximum absolute atomic E-state index is 12.1. The van der Waals surface area contributed by atoms with Gasteiger partial charge in [-0.05, 0) is 60.8 Å². The Hall–Kier alpha value is -1.38. The normalized spacial score (nSPS) is 12.1. The minimum Gasteiger partial charge on any atom is -0.862 e. The number of nitrogens with one attached hydrogen (secondary N) is 2. The molecule has 1 aromatic heterocycles. The predicted molar refractivity (Wildman–Crippen MR) is 156 cm³/mol. The van der Waals surface area contributed by atoms with E-state index in [1.165, 1.54) is 24.3 Å². The molecule has 0 bridgehead atoms. The Labute approximate surface area is 345 Å². The molecule has 0 aliphatic rings. The zero-order valence-corrected chi connectivity index (χ0v) is 34.6. The van der Waals surface area contributed by atoms with Crippen LogP contribution in [0.15, 0.2) is 73.5 Å². The summed E-state index contributed by atoms with van der Waals surface area (Å²) in [7, 11) is -14.5. The van der Waals surface area contributed by atoms with Gasteiger partial charge in [0.1, 0.15) is 20.7 Å². The number of aromatic nitrogens is 3. The second-order valence-corrected chi connectivity index (χ2v) is 13.4.